The highest BCUT2D eigenvalue weighted by atomic mass is 19.4. The Bertz CT molecular complexity index is 1420. The average molecular weight is 566 g/mol. The second-order valence-corrected chi connectivity index (χ2v) is 11.0. The molecular formula is C31H34F3N5O2. The fraction of sp³-hybridized carbons (Fsp3) is 0.452. The number of pyridine rings is 1. The van der Waals surface area contributed by atoms with Gasteiger partial charge in [-0.15, -0.1) is 0 Å². The molecule has 10 heteroatoms. The Balaban J connectivity index is 1.02. The quantitative estimate of drug-likeness (QED) is 0.407. The number of carbonyl (C=O) groups excluding carboxylic acids is 1. The molecule has 1 aliphatic carbocycles. The first kappa shape index (κ1) is 28.8. The maximum absolute atomic E-state index is 13.3. The molecular weight excluding hydrogens is 531 g/mol. The summed E-state index contributed by atoms with van der Waals surface area (Å²) in [5.41, 5.74) is 2.27. The van der Waals surface area contributed by atoms with Gasteiger partial charge in [0.15, 0.2) is 0 Å². The zero-order chi connectivity index (χ0) is 29.0. The third-order valence-corrected chi connectivity index (χ3v) is 7.95. The zero-order valence-corrected chi connectivity index (χ0v) is 23.1. The first-order valence-corrected chi connectivity index (χ1v) is 14.0. The first-order chi connectivity index (χ1) is 19.7. The number of carbonyl (C=O) groups is 1. The van der Waals surface area contributed by atoms with Crippen LogP contribution >= 0.6 is 0 Å². The van der Waals surface area contributed by atoms with E-state index in [0.29, 0.717) is 18.8 Å². The van der Waals surface area contributed by atoms with Gasteiger partial charge in [-0.25, -0.2) is 0 Å². The minimum Gasteiger partial charge on any atom is -0.382 e. The fourth-order valence-corrected chi connectivity index (χ4v) is 5.62. The molecule has 2 fully saturated rings. The topological polar surface area (TPSA) is 81.5 Å². The summed E-state index contributed by atoms with van der Waals surface area (Å²) in [7, 11) is 0. The molecule has 7 nitrogen and oxygen atoms in total. The summed E-state index contributed by atoms with van der Waals surface area (Å²) in [4.78, 5) is 21.7. The summed E-state index contributed by atoms with van der Waals surface area (Å²) in [5, 5.41) is 13.3. The molecule has 1 saturated heterocycles. The van der Waals surface area contributed by atoms with Crippen molar-refractivity contribution in [3.8, 4) is 6.07 Å². The number of ether oxygens (including phenoxy) is 1. The summed E-state index contributed by atoms with van der Waals surface area (Å²) < 4.78 is 45.7. The van der Waals surface area contributed by atoms with Gasteiger partial charge in [0.1, 0.15) is 6.61 Å². The predicted molar refractivity (Wildman–Crippen MR) is 150 cm³/mol. The van der Waals surface area contributed by atoms with Gasteiger partial charge >= 0.3 is 6.18 Å². The molecule has 0 spiro atoms. The molecule has 1 aromatic heterocycles. The SMILES string of the molecule is Cc1ccc2nc(CN3CCN(C(=O)COC4CCC(Nc5ccc(C#N)c(C(F)(F)F)c5)CC4)CC3)ccc2c1. The Hall–Kier alpha value is -3.68. The van der Waals surface area contributed by atoms with Gasteiger partial charge in [-0.3, -0.25) is 14.7 Å². The van der Waals surface area contributed by atoms with E-state index in [1.807, 2.05) is 4.90 Å². The lowest BCUT2D eigenvalue weighted by atomic mass is 9.92. The van der Waals surface area contributed by atoms with Crippen LogP contribution in [0.3, 0.4) is 0 Å². The summed E-state index contributed by atoms with van der Waals surface area (Å²) >= 11 is 0. The van der Waals surface area contributed by atoms with Crippen molar-refractivity contribution in [3.63, 3.8) is 0 Å². The van der Waals surface area contributed by atoms with E-state index in [0.717, 1.165) is 68.0 Å². The van der Waals surface area contributed by atoms with Crippen LogP contribution in [-0.4, -0.2) is 65.6 Å². The van der Waals surface area contributed by atoms with Crippen molar-refractivity contribution >= 4 is 22.5 Å². The van der Waals surface area contributed by atoms with Crippen molar-refractivity contribution in [1.82, 2.24) is 14.8 Å². The van der Waals surface area contributed by atoms with Gasteiger partial charge < -0.3 is 15.0 Å². The highest BCUT2D eigenvalue weighted by Crippen LogP contribution is 2.34. The maximum atomic E-state index is 13.3. The number of amides is 1. The first-order valence-electron chi connectivity index (χ1n) is 14.0. The van der Waals surface area contributed by atoms with Crippen LogP contribution in [0.25, 0.3) is 10.9 Å². The summed E-state index contributed by atoms with van der Waals surface area (Å²) in [6.07, 6.45) is -1.74. The molecule has 0 unspecified atom stereocenters. The van der Waals surface area contributed by atoms with E-state index >= 15 is 0 Å². The molecule has 1 N–H and O–H groups in total. The number of nitriles is 1. The van der Waals surface area contributed by atoms with E-state index in [2.05, 4.69) is 47.5 Å². The molecule has 0 atom stereocenters. The number of fused-ring (bicyclic) bond motifs is 1. The van der Waals surface area contributed by atoms with E-state index in [1.54, 1.807) is 6.07 Å². The molecule has 2 heterocycles. The van der Waals surface area contributed by atoms with Crippen LogP contribution in [0.15, 0.2) is 48.5 Å². The Morgan fingerprint density at radius 2 is 1.80 bits per heavy atom. The van der Waals surface area contributed by atoms with Crippen molar-refractivity contribution in [3.05, 3.63) is 70.9 Å². The highest BCUT2D eigenvalue weighted by molar-refractivity contribution is 5.79. The Morgan fingerprint density at radius 3 is 2.51 bits per heavy atom. The van der Waals surface area contributed by atoms with Gasteiger partial charge in [0.05, 0.1) is 34.5 Å². The van der Waals surface area contributed by atoms with Crippen LogP contribution in [0.1, 0.15) is 48.1 Å². The van der Waals surface area contributed by atoms with Gasteiger partial charge in [-0.2, -0.15) is 18.4 Å². The van der Waals surface area contributed by atoms with Crippen LogP contribution in [0, 0.1) is 18.3 Å². The van der Waals surface area contributed by atoms with Crippen LogP contribution in [0.2, 0.25) is 0 Å². The van der Waals surface area contributed by atoms with Crippen molar-refractivity contribution in [2.24, 2.45) is 0 Å². The Morgan fingerprint density at radius 1 is 1.05 bits per heavy atom. The smallest absolute Gasteiger partial charge is 0.382 e. The minimum atomic E-state index is -4.58. The van der Waals surface area contributed by atoms with E-state index in [9.17, 15) is 18.0 Å². The number of hydrogen-bond donors (Lipinski definition) is 1. The number of rotatable bonds is 7. The number of hydrogen-bond acceptors (Lipinski definition) is 6. The maximum Gasteiger partial charge on any atom is 0.417 e. The summed E-state index contributed by atoms with van der Waals surface area (Å²) in [6.45, 7) is 5.72. The fourth-order valence-electron chi connectivity index (χ4n) is 5.62. The molecule has 2 aromatic carbocycles. The molecule has 1 amide bonds. The standard InChI is InChI=1S/C31H34F3N5O2/c1-21-2-11-29-22(16-21)3-6-26(37-29)19-38-12-14-39(15-13-38)30(40)20-41-27-9-7-24(8-10-27)36-25-5-4-23(18-35)28(17-25)31(32,33)34/h2-6,11,16-17,24,27,36H,7-10,12-15,19-20H2,1H3. The molecule has 0 bridgehead atoms. The monoisotopic (exact) mass is 565 g/mol. The van der Waals surface area contributed by atoms with E-state index < -0.39 is 11.7 Å². The number of alkyl halides is 3. The summed E-state index contributed by atoms with van der Waals surface area (Å²) in [5.74, 6) is -0.0126. The number of anilines is 1. The van der Waals surface area contributed by atoms with E-state index in [-0.39, 0.29) is 30.2 Å². The Labute approximate surface area is 237 Å². The number of halogens is 3. The summed E-state index contributed by atoms with van der Waals surface area (Å²) in [6, 6.07) is 15.8. The molecule has 0 radical (unpaired) electrons. The lowest BCUT2D eigenvalue weighted by Crippen LogP contribution is -2.49. The number of piperazine rings is 1. The number of nitrogens with one attached hydrogen (secondary N) is 1. The van der Waals surface area contributed by atoms with Gasteiger partial charge in [0.2, 0.25) is 5.91 Å². The molecule has 5 rings (SSSR count). The van der Waals surface area contributed by atoms with Gasteiger partial charge in [-0.05, 0) is 69.0 Å². The normalized spacial score (nSPS) is 20.1. The highest BCUT2D eigenvalue weighted by Gasteiger charge is 2.34. The number of nitrogens with zero attached hydrogens (tertiary/aromatic N) is 4. The lowest BCUT2D eigenvalue weighted by molar-refractivity contribution is -0.140. The number of aryl methyl sites for hydroxylation is 1. The van der Waals surface area contributed by atoms with Gasteiger partial charge in [-0.1, -0.05) is 17.7 Å². The van der Waals surface area contributed by atoms with Gasteiger partial charge in [0, 0.05) is 49.8 Å². The molecule has 41 heavy (non-hydrogen) atoms. The van der Waals surface area contributed by atoms with Crippen molar-refractivity contribution in [2.75, 3.05) is 38.1 Å². The largest absolute Gasteiger partial charge is 0.417 e. The Kier molecular flexibility index (Phi) is 8.76. The van der Waals surface area contributed by atoms with E-state index in [1.165, 1.54) is 17.7 Å². The molecule has 1 saturated carbocycles. The third kappa shape index (κ3) is 7.34. The van der Waals surface area contributed by atoms with Crippen LogP contribution in [0.5, 0.6) is 0 Å². The van der Waals surface area contributed by atoms with E-state index in [4.69, 9.17) is 15.0 Å². The number of benzene rings is 2. The van der Waals surface area contributed by atoms with Crippen LogP contribution in [0.4, 0.5) is 18.9 Å². The average Bonchev–Trinajstić information content (AvgIpc) is 2.96. The van der Waals surface area contributed by atoms with Crippen LogP contribution in [-0.2, 0) is 22.3 Å². The predicted octanol–water partition coefficient (Wildman–Crippen LogP) is 5.52. The number of aromatic nitrogens is 1. The van der Waals surface area contributed by atoms with Crippen molar-refractivity contribution < 1.29 is 22.7 Å². The van der Waals surface area contributed by atoms with Crippen molar-refractivity contribution in [2.45, 2.75) is 57.5 Å². The molecule has 1 aliphatic heterocycles. The second kappa shape index (κ2) is 12.5. The third-order valence-electron chi connectivity index (χ3n) is 7.95. The lowest BCUT2D eigenvalue weighted by Gasteiger charge is -2.35. The second-order valence-electron chi connectivity index (χ2n) is 11.0. The molecule has 3 aromatic rings. The van der Waals surface area contributed by atoms with Gasteiger partial charge in [0.25, 0.3) is 0 Å². The minimum absolute atomic E-state index is 0.00820. The molecule has 2 aliphatic rings. The van der Waals surface area contributed by atoms with Crippen LogP contribution < -0.4 is 5.32 Å². The molecule has 216 valence electrons. The zero-order valence-electron chi connectivity index (χ0n) is 23.1. The van der Waals surface area contributed by atoms with Crippen molar-refractivity contribution in [1.29, 1.82) is 5.26 Å².